The van der Waals surface area contributed by atoms with Gasteiger partial charge < -0.3 is 16.4 Å². The van der Waals surface area contributed by atoms with Crippen LogP contribution in [0.1, 0.15) is 19.4 Å². The Bertz CT molecular complexity index is 440. The van der Waals surface area contributed by atoms with Gasteiger partial charge in [0.2, 0.25) is 5.91 Å². The molecule has 0 fully saturated rings. The van der Waals surface area contributed by atoms with E-state index < -0.39 is 0 Å². The summed E-state index contributed by atoms with van der Waals surface area (Å²) >= 11 is 0. The van der Waals surface area contributed by atoms with Crippen molar-refractivity contribution in [2.24, 2.45) is 11.1 Å². The van der Waals surface area contributed by atoms with Crippen LogP contribution in [0, 0.1) is 5.41 Å². The molecule has 2 rings (SSSR count). The third-order valence-corrected chi connectivity index (χ3v) is 3.05. The predicted molar refractivity (Wildman–Crippen MR) is 70.1 cm³/mol. The van der Waals surface area contributed by atoms with Crippen molar-refractivity contribution in [2.75, 3.05) is 23.7 Å². The average molecular weight is 233 g/mol. The van der Waals surface area contributed by atoms with Crippen LogP contribution in [0.4, 0.5) is 11.4 Å². The van der Waals surface area contributed by atoms with Gasteiger partial charge in [-0.1, -0.05) is 13.8 Å². The summed E-state index contributed by atoms with van der Waals surface area (Å²) in [5.74, 6) is 0.0689. The second kappa shape index (κ2) is 4.37. The number of fused-ring (bicyclic) bond motifs is 1. The Morgan fingerprint density at radius 2 is 2.24 bits per heavy atom. The maximum atomic E-state index is 11.2. The number of benzene rings is 1. The van der Waals surface area contributed by atoms with Gasteiger partial charge in [0, 0.05) is 17.9 Å². The summed E-state index contributed by atoms with van der Waals surface area (Å²) in [5, 5.41) is 6.18. The summed E-state index contributed by atoms with van der Waals surface area (Å²) in [6.45, 7) is 5.71. The molecule has 1 aliphatic heterocycles. The van der Waals surface area contributed by atoms with Crippen LogP contribution in [0.25, 0.3) is 0 Å². The molecule has 0 aromatic heterocycles. The van der Waals surface area contributed by atoms with E-state index in [9.17, 15) is 4.79 Å². The highest BCUT2D eigenvalue weighted by molar-refractivity contribution is 5.99. The standard InChI is InChI=1S/C13H19N3O/c1-13(2,7-14)8-15-10-3-4-11-9(5-10)6-12(17)16-11/h3-5,15H,6-8,14H2,1-2H3,(H,16,17). The van der Waals surface area contributed by atoms with Crippen molar-refractivity contribution in [3.05, 3.63) is 23.8 Å². The molecule has 1 aromatic carbocycles. The zero-order chi connectivity index (χ0) is 12.5. The van der Waals surface area contributed by atoms with Gasteiger partial charge >= 0.3 is 0 Å². The molecular weight excluding hydrogens is 214 g/mol. The van der Waals surface area contributed by atoms with Crippen LogP contribution in [0.15, 0.2) is 18.2 Å². The third-order valence-electron chi connectivity index (χ3n) is 3.05. The van der Waals surface area contributed by atoms with Crippen LogP contribution >= 0.6 is 0 Å². The lowest BCUT2D eigenvalue weighted by atomic mass is 9.94. The van der Waals surface area contributed by atoms with Crippen LogP contribution in [-0.2, 0) is 11.2 Å². The molecule has 1 aromatic rings. The van der Waals surface area contributed by atoms with Crippen molar-refractivity contribution in [2.45, 2.75) is 20.3 Å². The highest BCUT2D eigenvalue weighted by atomic mass is 16.1. The second-order valence-electron chi connectivity index (χ2n) is 5.32. The first-order valence-corrected chi connectivity index (χ1v) is 5.87. The lowest BCUT2D eigenvalue weighted by Gasteiger charge is -2.23. The molecule has 92 valence electrons. The molecule has 0 saturated carbocycles. The van der Waals surface area contributed by atoms with Gasteiger partial charge in [0.15, 0.2) is 0 Å². The first-order valence-electron chi connectivity index (χ1n) is 5.87. The highest BCUT2D eigenvalue weighted by Gasteiger charge is 2.18. The molecule has 1 aliphatic rings. The summed E-state index contributed by atoms with van der Waals surface area (Å²) in [4.78, 5) is 11.2. The lowest BCUT2D eigenvalue weighted by molar-refractivity contribution is -0.115. The van der Waals surface area contributed by atoms with Crippen molar-refractivity contribution in [3.63, 3.8) is 0 Å². The van der Waals surface area contributed by atoms with Crippen LogP contribution in [0.5, 0.6) is 0 Å². The average Bonchev–Trinajstić information content (AvgIpc) is 2.66. The van der Waals surface area contributed by atoms with Gasteiger partial charge in [-0.15, -0.1) is 0 Å². The number of anilines is 2. The topological polar surface area (TPSA) is 67.1 Å². The number of nitrogens with two attached hydrogens (primary N) is 1. The largest absolute Gasteiger partial charge is 0.384 e. The Kier molecular flexibility index (Phi) is 3.07. The molecule has 0 radical (unpaired) electrons. The minimum atomic E-state index is 0.0689. The molecular formula is C13H19N3O. The zero-order valence-electron chi connectivity index (χ0n) is 10.3. The summed E-state index contributed by atoms with van der Waals surface area (Å²) in [7, 11) is 0. The fraction of sp³-hybridized carbons (Fsp3) is 0.462. The van der Waals surface area contributed by atoms with Gasteiger partial charge in [-0.25, -0.2) is 0 Å². The van der Waals surface area contributed by atoms with E-state index in [2.05, 4.69) is 24.5 Å². The number of amides is 1. The Morgan fingerprint density at radius 1 is 1.47 bits per heavy atom. The highest BCUT2D eigenvalue weighted by Crippen LogP contribution is 2.26. The van der Waals surface area contributed by atoms with Crippen LogP contribution < -0.4 is 16.4 Å². The first-order chi connectivity index (χ1) is 8.00. The second-order valence-corrected chi connectivity index (χ2v) is 5.32. The van der Waals surface area contributed by atoms with Crippen molar-refractivity contribution in [3.8, 4) is 0 Å². The molecule has 0 aliphatic carbocycles. The molecule has 1 heterocycles. The summed E-state index contributed by atoms with van der Waals surface area (Å²) in [6, 6.07) is 5.95. The molecule has 17 heavy (non-hydrogen) atoms. The maximum absolute atomic E-state index is 11.2. The quantitative estimate of drug-likeness (QED) is 0.739. The zero-order valence-corrected chi connectivity index (χ0v) is 10.3. The van der Waals surface area contributed by atoms with Gasteiger partial charge in [0.25, 0.3) is 0 Å². The van der Waals surface area contributed by atoms with Gasteiger partial charge in [0.05, 0.1) is 6.42 Å². The number of nitrogens with one attached hydrogen (secondary N) is 2. The van der Waals surface area contributed by atoms with E-state index in [4.69, 9.17) is 5.73 Å². The smallest absolute Gasteiger partial charge is 0.228 e. The number of carbonyl (C=O) groups is 1. The SMILES string of the molecule is CC(C)(CN)CNc1ccc2c(c1)CC(=O)N2. The minimum absolute atomic E-state index is 0.0689. The summed E-state index contributed by atoms with van der Waals surface area (Å²) in [5.41, 5.74) is 8.79. The van der Waals surface area contributed by atoms with E-state index in [0.29, 0.717) is 13.0 Å². The van der Waals surface area contributed by atoms with Crippen molar-refractivity contribution < 1.29 is 4.79 Å². The molecule has 0 unspecified atom stereocenters. The number of carbonyl (C=O) groups excluding carboxylic acids is 1. The van der Waals surface area contributed by atoms with Crippen LogP contribution in [-0.4, -0.2) is 19.0 Å². The van der Waals surface area contributed by atoms with E-state index in [1.54, 1.807) is 0 Å². The van der Waals surface area contributed by atoms with Gasteiger partial charge in [0.1, 0.15) is 0 Å². The lowest BCUT2D eigenvalue weighted by Crippen LogP contribution is -2.31. The molecule has 4 N–H and O–H groups in total. The Morgan fingerprint density at radius 3 is 2.94 bits per heavy atom. The summed E-state index contributed by atoms with van der Waals surface area (Å²) in [6.07, 6.45) is 0.477. The van der Waals surface area contributed by atoms with E-state index in [1.165, 1.54) is 0 Å². The minimum Gasteiger partial charge on any atom is -0.384 e. The van der Waals surface area contributed by atoms with Crippen molar-refractivity contribution in [1.29, 1.82) is 0 Å². The fourth-order valence-corrected chi connectivity index (χ4v) is 1.75. The van der Waals surface area contributed by atoms with E-state index >= 15 is 0 Å². The first kappa shape index (κ1) is 11.9. The maximum Gasteiger partial charge on any atom is 0.228 e. The molecule has 0 bridgehead atoms. The number of hydrogen-bond donors (Lipinski definition) is 3. The van der Waals surface area contributed by atoms with Crippen LogP contribution in [0.2, 0.25) is 0 Å². The molecule has 0 atom stereocenters. The monoisotopic (exact) mass is 233 g/mol. The Balaban J connectivity index is 2.04. The van der Waals surface area contributed by atoms with Crippen LogP contribution in [0.3, 0.4) is 0 Å². The van der Waals surface area contributed by atoms with E-state index in [1.807, 2.05) is 18.2 Å². The Hall–Kier alpha value is -1.55. The number of rotatable bonds is 4. The molecule has 4 heteroatoms. The normalized spacial score (nSPS) is 14.4. The van der Waals surface area contributed by atoms with Gasteiger partial charge in [-0.3, -0.25) is 4.79 Å². The number of hydrogen-bond acceptors (Lipinski definition) is 3. The van der Waals surface area contributed by atoms with Crippen molar-refractivity contribution in [1.82, 2.24) is 0 Å². The molecule has 0 saturated heterocycles. The van der Waals surface area contributed by atoms with E-state index in [-0.39, 0.29) is 11.3 Å². The molecule has 4 nitrogen and oxygen atoms in total. The summed E-state index contributed by atoms with van der Waals surface area (Å²) < 4.78 is 0. The van der Waals surface area contributed by atoms with E-state index in [0.717, 1.165) is 23.5 Å². The predicted octanol–water partition coefficient (Wildman–Crippen LogP) is 1.58. The fourth-order valence-electron chi connectivity index (χ4n) is 1.75. The molecule has 0 spiro atoms. The van der Waals surface area contributed by atoms with Crippen molar-refractivity contribution >= 4 is 17.3 Å². The van der Waals surface area contributed by atoms with Gasteiger partial charge in [-0.05, 0) is 35.7 Å². The Labute approximate surface area is 102 Å². The van der Waals surface area contributed by atoms with Gasteiger partial charge in [-0.2, -0.15) is 0 Å². The molecule has 1 amide bonds. The third kappa shape index (κ3) is 2.77.